The highest BCUT2D eigenvalue weighted by atomic mass is 15.1. The lowest BCUT2D eigenvalue weighted by atomic mass is 9.70. The van der Waals surface area contributed by atoms with Crippen molar-refractivity contribution in [2.24, 2.45) is 0 Å². The van der Waals surface area contributed by atoms with Crippen LogP contribution in [-0.2, 0) is 5.41 Å². The second kappa shape index (κ2) is 14.1. The van der Waals surface area contributed by atoms with Gasteiger partial charge in [-0.1, -0.05) is 164 Å². The maximum atomic E-state index is 2.48. The first kappa shape index (κ1) is 35.0. The van der Waals surface area contributed by atoms with E-state index in [-0.39, 0.29) is 0 Å². The Morgan fingerprint density at radius 3 is 1.13 bits per heavy atom. The summed E-state index contributed by atoms with van der Waals surface area (Å²) in [6.07, 6.45) is 0. The Morgan fingerprint density at radius 2 is 0.607 bits per heavy atom. The van der Waals surface area contributed by atoms with Crippen molar-refractivity contribution in [1.29, 1.82) is 0 Å². The van der Waals surface area contributed by atoms with E-state index in [1.165, 1.54) is 66.4 Å². The van der Waals surface area contributed by atoms with Gasteiger partial charge in [-0.3, -0.25) is 0 Å². The van der Waals surface area contributed by atoms with E-state index in [0.717, 1.165) is 34.1 Å². The summed E-state index contributed by atoms with van der Waals surface area (Å²) in [6, 6.07) is 89.0. The summed E-state index contributed by atoms with van der Waals surface area (Å²) in [5.74, 6) is 0. The van der Waals surface area contributed by atoms with Crippen molar-refractivity contribution in [3.63, 3.8) is 0 Å². The van der Waals surface area contributed by atoms with Crippen LogP contribution in [0.3, 0.4) is 0 Å². The maximum Gasteiger partial charge on any atom is 0.0727 e. The summed E-state index contributed by atoms with van der Waals surface area (Å²) in [4.78, 5) is 4.81. The molecular formula is C59H40N2. The third-order valence-corrected chi connectivity index (χ3v) is 12.8. The fourth-order valence-corrected chi connectivity index (χ4v) is 10.2. The number of fused-ring (bicyclic) bond motifs is 11. The molecular weight excluding hydrogens is 737 g/mol. The van der Waals surface area contributed by atoms with Crippen LogP contribution < -0.4 is 9.80 Å². The lowest BCUT2D eigenvalue weighted by molar-refractivity contribution is 0.793. The van der Waals surface area contributed by atoms with Gasteiger partial charge in [-0.15, -0.1) is 0 Å². The fraction of sp³-hybridized carbons (Fsp3) is 0.0169. The van der Waals surface area contributed by atoms with Gasteiger partial charge in [0.05, 0.1) is 5.41 Å². The number of benzene rings is 10. The number of hydrogen-bond donors (Lipinski definition) is 0. The zero-order valence-corrected chi connectivity index (χ0v) is 33.5. The minimum atomic E-state index is -0.539. The molecule has 286 valence electrons. The minimum absolute atomic E-state index is 0.539. The summed E-state index contributed by atoms with van der Waals surface area (Å²) >= 11 is 0. The smallest absolute Gasteiger partial charge is 0.0727 e. The molecule has 12 rings (SSSR count). The van der Waals surface area contributed by atoms with Crippen LogP contribution in [0.2, 0.25) is 0 Å². The molecule has 0 bridgehead atoms. The van der Waals surface area contributed by atoms with Crippen LogP contribution in [0.15, 0.2) is 243 Å². The molecule has 0 aliphatic heterocycles. The molecule has 61 heavy (non-hydrogen) atoms. The van der Waals surface area contributed by atoms with Crippen LogP contribution in [0.5, 0.6) is 0 Å². The summed E-state index contributed by atoms with van der Waals surface area (Å²) < 4.78 is 0. The van der Waals surface area contributed by atoms with Gasteiger partial charge in [-0.05, 0) is 145 Å². The molecule has 0 fully saturated rings. The summed E-state index contributed by atoms with van der Waals surface area (Å²) in [5.41, 5.74) is 19.0. The third kappa shape index (κ3) is 5.50. The van der Waals surface area contributed by atoms with Crippen LogP contribution in [0.1, 0.15) is 22.3 Å². The van der Waals surface area contributed by atoms with E-state index in [4.69, 9.17) is 0 Å². The average molecular weight is 777 g/mol. The van der Waals surface area contributed by atoms with E-state index in [1.807, 2.05) is 0 Å². The molecule has 10 aromatic rings. The SMILES string of the molecule is c1ccc(-c2ccc3cc(N(c4ccccc4)c4ccc5c(c4)C4(c6ccccc6-c6ccc(N(c7ccccc7)c7ccccc7)cc64)c4ccccc4-5)ccc3c2)cc1. The van der Waals surface area contributed by atoms with E-state index in [1.54, 1.807) is 0 Å². The first-order chi connectivity index (χ1) is 30.3. The van der Waals surface area contributed by atoms with Crippen LogP contribution in [0.25, 0.3) is 44.2 Å². The molecule has 10 aromatic carbocycles. The molecule has 1 atom stereocenters. The standard InChI is InChI=1S/C59H40N2/c1-5-17-41(18-6-1)42-29-30-44-38-48(32-31-43(44)37-42)61(47-23-11-4-12-24-47)50-34-36-54-52-26-14-16-28-56(52)59(58(54)40-50)55-27-15-13-25-51(55)53-35-33-49(39-57(53)59)60(45-19-7-2-8-20-45)46-21-9-3-10-22-46/h1-40H. The normalized spacial score (nSPS) is 14.3. The fourth-order valence-electron chi connectivity index (χ4n) is 10.2. The molecule has 2 nitrogen and oxygen atoms in total. The summed E-state index contributed by atoms with van der Waals surface area (Å²) in [6.45, 7) is 0. The van der Waals surface area contributed by atoms with E-state index in [0.29, 0.717) is 0 Å². The van der Waals surface area contributed by atoms with Crippen LogP contribution in [-0.4, -0.2) is 0 Å². The largest absolute Gasteiger partial charge is 0.310 e. The Labute approximate surface area is 356 Å². The molecule has 0 aromatic heterocycles. The lowest BCUT2D eigenvalue weighted by Gasteiger charge is -2.33. The van der Waals surface area contributed by atoms with Gasteiger partial charge in [0.1, 0.15) is 0 Å². The topological polar surface area (TPSA) is 6.48 Å². The van der Waals surface area contributed by atoms with Crippen molar-refractivity contribution in [1.82, 2.24) is 0 Å². The number of nitrogens with zero attached hydrogens (tertiary/aromatic N) is 2. The van der Waals surface area contributed by atoms with Crippen LogP contribution in [0.4, 0.5) is 34.1 Å². The van der Waals surface area contributed by atoms with Crippen molar-refractivity contribution in [3.05, 3.63) is 265 Å². The quantitative estimate of drug-likeness (QED) is 0.159. The van der Waals surface area contributed by atoms with Gasteiger partial charge in [-0.2, -0.15) is 0 Å². The van der Waals surface area contributed by atoms with Gasteiger partial charge in [0.15, 0.2) is 0 Å². The van der Waals surface area contributed by atoms with Crippen molar-refractivity contribution < 1.29 is 0 Å². The molecule has 0 amide bonds. The second-order valence-corrected chi connectivity index (χ2v) is 16.1. The van der Waals surface area contributed by atoms with E-state index >= 15 is 0 Å². The second-order valence-electron chi connectivity index (χ2n) is 16.1. The summed E-state index contributed by atoms with van der Waals surface area (Å²) in [5, 5.41) is 2.42. The molecule has 1 spiro atoms. The Balaban J connectivity index is 1.08. The van der Waals surface area contributed by atoms with Gasteiger partial charge in [0.25, 0.3) is 0 Å². The van der Waals surface area contributed by atoms with Crippen molar-refractivity contribution in [2.75, 3.05) is 9.80 Å². The zero-order chi connectivity index (χ0) is 40.3. The summed E-state index contributed by atoms with van der Waals surface area (Å²) in [7, 11) is 0. The van der Waals surface area contributed by atoms with E-state index in [2.05, 4.69) is 252 Å². The number of rotatable bonds is 7. The highest BCUT2D eigenvalue weighted by Gasteiger charge is 2.52. The van der Waals surface area contributed by atoms with Gasteiger partial charge < -0.3 is 9.80 Å². The Kier molecular flexibility index (Phi) is 8.11. The Hall–Kier alpha value is -7.94. The molecule has 0 radical (unpaired) electrons. The predicted molar refractivity (Wildman–Crippen MR) is 255 cm³/mol. The first-order valence-corrected chi connectivity index (χ1v) is 21.1. The number of anilines is 6. The zero-order valence-electron chi connectivity index (χ0n) is 33.5. The molecule has 2 aliphatic carbocycles. The minimum Gasteiger partial charge on any atom is -0.310 e. The molecule has 0 saturated heterocycles. The third-order valence-electron chi connectivity index (χ3n) is 12.8. The van der Waals surface area contributed by atoms with E-state index < -0.39 is 5.41 Å². The predicted octanol–water partition coefficient (Wildman–Crippen LogP) is 15.8. The molecule has 2 heteroatoms. The Bertz CT molecular complexity index is 3200. The van der Waals surface area contributed by atoms with Gasteiger partial charge in [0.2, 0.25) is 0 Å². The highest BCUT2D eigenvalue weighted by Crippen LogP contribution is 2.64. The highest BCUT2D eigenvalue weighted by molar-refractivity contribution is 5.98. The maximum absolute atomic E-state index is 2.48. The number of hydrogen-bond acceptors (Lipinski definition) is 2. The molecule has 1 unspecified atom stereocenters. The van der Waals surface area contributed by atoms with Crippen LogP contribution in [0, 0.1) is 0 Å². The van der Waals surface area contributed by atoms with Gasteiger partial charge in [-0.25, -0.2) is 0 Å². The van der Waals surface area contributed by atoms with E-state index in [9.17, 15) is 0 Å². The average Bonchev–Trinajstić information content (AvgIpc) is 3.79. The molecule has 0 saturated carbocycles. The molecule has 2 aliphatic rings. The first-order valence-electron chi connectivity index (χ1n) is 21.1. The Morgan fingerprint density at radius 1 is 0.230 bits per heavy atom. The molecule has 0 N–H and O–H groups in total. The monoisotopic (exact) mass is 776 g/mol. The molecule has 0 heterocycles. The van der Waals surface area contributed by atoms with Gasteiger partial charge in [0, 0.05) is 34.1 Å². The van der Waals surface area contributed by atoms with Crippen molar-refractivity contribution >= 4 is 44.9 Å². The number of para-hydroxylation sites is 3. The lowest BCUT2D eigenvalue weighted by Crippen LogP contribution is -2.26. The van der Waals surface area contributed by atoms with Gasteiger partial charge >= 0.3 is 0 Å². The van der Waals surface area contributed by atoms with Crippen molar-refractivity contribution in [2.45, 2.75) is 5.41 Å². The van der Waals surface area contributed by atoms with Crippen molar-refractivity contribution in [3.8, 4) is 33.4 Å². The van der Waals surface area contributed by atoms with Crippen LogP contribution >= 0.6 is 0 Å².